The highest BCUT2D eigenvalue weighted by Crippen LogP contribution is 2.40. The predicted octanol–water partition coefficient (Wildman–Crippen LogP) is 3.00. The number of rotatable bonds is 8. The van der Waals surface area contributed by atoms with E-state index in [2.05, 4.69) is 5.32 Å². The number of carbonyl (C=O) groups excluding carboxylic acids is 2. The Morgan fingerprint density at radius 1 is 1.18 bits per heavy atom. The van der Waals surface area contributed by atoms with E-state index >= 15 is 0 Å². The van der Waals surface area contributed by atoms with Gasteiger partial charge in [0.15, 0.2) is 0 Å². The van der Waals surface area contributed by atoms with Crippen molar-refractivity contribution in [3.05, 3.63) is 62.5 Å². The zero-order valence-electron chi connectivity index (χ0n) is 20.0. The van der Waals surface area contributed by atoms with Crippen LogP contribution in [0, 0.1) is 10.1 Å². The van der Waals surface area contributed by atoms with Crippen molar-refractivity contribution in [3.63, 3.8) is 0 Å². The molecule has 1 aromatic rings. The van der Waals surface area contributed by atoms with Crippen molar-refractivity contribution in [1.29, 1.82) is 0 Å². The fraction of sp³-hybridized carbons (Fsp3) is 0.500. The van der Waals surface area contributed by atoms with Crippen molar-refractivity contribution in [3.8, 4) is 0 Å². The van der Waals surface area contributed by atoms with E-state index in [0.29, 0.717) is 36.5 Å². The number of dihydropyridines is 1. The Bertz CT molecular complexity index is 1010. The van der Waals surface area contributed by atoms with E-state index in [-0.39, 0.29) is 23.4 Å². The molecule has 0 aliphatic carbocycles. The molecule has 2 aliphatic rings. The van der Waals surface area contributed by atoms with Gasteiger partial charge < -0.3 is 24.4 Å². The maximum absolute atomic E-state index is 13.3. The first-order valence-corrected chi connectivity index (χ1v) is 11.3. The van der Waals surface area contributed by atoms with Gasteiger partial charge >= 0.3 is 11.9 Å². The fourth-order valence-electron chi connectivity index (χ4n) is 4.07. The fourth-order valence-corrected chi connectivity index (χ4v) is 4.07. The van der Waals surface area contributed by atoms with Gasteiger partial charge in [0.2, 0.25) is 6.29 Å². The van der Waals surface area contributed by atoms with Gasteiger partial charge in [0.25, 0.3) is 5.69 Å². The maximum atomic E-state index is 13.3. The van der Waals surface area contributed by atoms with Crippen LogP contribution in [0.4, 0.5) is 5.69 Å². The average molecular weight is 474 g/mol. The summed E-state index contributed by atoms with van der Waals surface area (Å²) < 4.78 is 16.7. The molecule has 1 fully saturated rings. The lowest BCUT2D eigenvalue weighted by molar-refractivity contribution is -0.384. The van der Waals surface area contributed by atoms with Crippen LogP contribution in [0.5, 0.6) is 0 Å². The Hall–Kier alpha value is -3.24. The highest BCUT2D eigenvalue weighted by atomic mass is 16.7. The SMILES string of the molecule is CC1=C(C(=O)OCCN(C)C)[C@H](c2cccc([N+](=O)[O-])c2)C(C(=O)OC2CCCCO2)=C(C)N1. The molecule has 10 heteroatoms. The molecule has 0 amide bonds. The summed E-state index contributed by atoms with van der Waals surface area (Å²) in [5.74, 6) is -2.14. The third kappa shape index (κ3) is 6.00. The molecule has 2 atom stereocenters. The molecule has 0 aromatic heterocycles. The summed E-state index contributed by atoms with van der Waals surface area (Å²) in [5, 5.41) is 14.5. The molecular formula is C24H31N3O7. The van der Waals surface area contributed by atoms with Gasteiger partial charge in [-0.25, -0.2) is 9.59 Å². The van der Waals surface area contributed by atoms with Crippen LogP contribution in [0.3, 0.4) is 0 Å². The number of nitrogens with zero attached hydrogens (tertiary/aromatic N) is 2. The number of benzene rings is 1. The van der Waals surface area contributed by atoms with Gasteiger partial charge in [0.1, 0.15) is 6.61 Å². The number of nitro groups is 1. The molecule has 0 bridgehead atoms. The van der Waals surface area contributed by atoms with Crippen LogP contribution >= 0.6 is 0 Å². The summed E-state index contributed by atoms with van der Waals surface area (Å²) in [6, 6.07) is 5.91. The van der Waals surface area contributed by atoms with E-state index in [1.165, 1.54) is 18.2 Å². The molecule has 10 nitrogen and oxygen atoms in total. The first kappa shape index (κ1) is 25.4. The van der Waals surface area contributed by atoms with E-state index < -0.39 is 29.1 Å². The van der Waals surface area contributed by atoms with Crippen LogP contribution in [0.2, 0.25) is 0 Å². The lowest BCUT2D eigenvalue weighted by Crippen LogP contribution is -2.35. The Kier molecular flexibility index (Phi) is 8.41. The van der Waals surface area contributed by atoms with Gasteiger partial charge in [0, 0.05) is 36.5 Å². The normalized spacial score (nSPS) is 20.7. The number of carbonyl (C=O) groups is 2. The summed E-state index contributed by atoms with van der Waals surface area (Å²) in [4.78, 5) is 39.3. The van der Waals surface area contributed by atoms with Crippen LogP contribution < -0.4 is 5.32 Å². The molecule has 1 N–H and O–H groups in total. The quantitative estimate of drug-likeness (QED) is 0.345. The van der Waals surface area contributed by atoms with Crippen molar-refractivity contribution in [2.45, 2.75) is 45.3 Å². The van der Waals surface area contributed by atoms with Crippen molar-refractivity contribution in [2.75, 3.05) is 33.9 Å². The highest BCUT2D eigenvalue weighted by Gasteiger charge is 2.39. The van der Waals surface area contributed by atoms with Crippen LogP contribution in [0.25, 0.3) is 0 Å². The molecule has 0 saturated carbocycles. The third-order valence-electron chi connectivity index (χ3n) is 5.76. The number of hydrogen-bond donors (Lipinski definition) is 1. The second-order valence-electron chi connectivity index (χ2n) is 8.63. The molecule has 3 rings (SSSR count). The van der Waals surface area contributed by atoms with Gasteiger partial charge in [-0.05, 0) is 46.3 Å². The Balaban J connectivity index is 2.01. The third-order valence-corrected chi connectivity index (χ3v) is 5.76. The van der Waals surface area contributed by atoms with Gasteiger partial charge in [0.05, 0.1) is 28.6 Å². The number of esters is 2. The second-order valence-corrected chi connectivity index (χ2v) is 8.63. The highest BCUT2D eigenvalue weighted by molar-refractivity contribution is 6.00. The number of nitrogens with one attached hydrogen (secondary N) is 1. The molecule has 2 heterocycles. The first-order chi connectivity index (χ1) is 16.2. The number of hydrogen-bond acceptors (Lipinski definition) is 9. The predicted molar refractivity (Wildman–Crippen MR) is 124 cm³/mol. The standard InChI is InChI=1S/C24H31N3O7/c1-15-20(23(28)33-13-11-26(3)4)22(17-8-7-9-18(14-17)27(30)31)21(16(2)25-15)24(29)34-19-10-5-6-12-32-19/h7-9,14,19,22,25H,5-6,10-13H2,1-4H3/t19?,22-/m0/s1. The van der Waals surface area contributed by atoms with Gasteiger partial charge in [-0.2, -0.15) is 0 Å². The summed E-state index contributed by atoms with van der Waals surface area (Å²) in [6.07, 6.45) is 1.69. The number of nitro benzene ring substituents is 1. The molecule has 1 saturated heterocycles. The van der Waals surface area contributed by atoms with Crippen molar-refractivity contribution in [2.24, 2.45) is 0 Å². The van der Waals surface area contributed by atoms with E-state index in [4.69, 9.17) is 14.2 Å². The Labute approximate surface area is 198 Å². The number of likely N-dealkylation sites (N-methyl/N-ethyl adjacent to an activating group) is 1. The minimum atomic E-state index is -0.899. The van der Waals surface area contributed by atoms with Crippen molar-refractivity contribution >= 4 is 17.6 Å². The number of ether oxygens (including phenoxy) is 3. The molecule has 2 aliphatic heterocycles. The van der Waals surface area contributed by atoms with E-state index in [1.807, 2.05) is 19.0 Å². The van der Waals surface area contributed by atoms with E-state index in [0.717, 1.165) is 12.8 Å². The van der Waals surface area contributed by atoms with Gasteiger partial charge in [-0.15, -0.1) is 0 Å². The van der Waals surface area contributed by atoms with Crippen molar-refractivity contribution < 1.29 is 28.7 Å². The van der Waals surface area contributed by atoms with Crippen LogP contribution in [-0.4, -0.2) is 61.9 Å². The second kappa shape index (κ2) is 11.3. The molecule has 0 radical (unpaired) electrons. The molecule has 1 aromatic carbocycles. The molecular weight excluding hydrogens is 442 g/mol. The molecule has 184 valence electrons. The molecule has 1 unspecified atom stereocenters. The molecule has 34 heavy (non-hydrogen) atoms. The Morgan fingerprint density at radius 2 is 1.88 bits per heavy atom. The zero-order valence-corrected chi connectivity index (χ0v) is 20.0. The summed E-state index contributed by atoms with van der Waals surface area (Å²) >= 11 is 0. The van der Waals surface area contributed by atoms with Crippen LogP contribution in [-0.2, 0) is 23.8 Å². The zero-order chi connectivity index (χ0) is 24.8. The lowest BCUT2D eigenvalue weighted by Gasteiger charge is -2.31. The monoisotopic (exact) mass is 473 g/mol. The topological polar surface area (TPSA) is 120 Å². The summed E-state index contributed by atoms with van der Waals surface area (Å²) in [6.45, 7) is 4.60. The Morgan fingerprint density at radius 3 is 2.50 bits per heavy atom. The van der Waals surface area contributed by atoms with E-state index in [9.17, 15) is 19.7 Å². The largest absolute Gasteiger partial charge is 0.461 e. The maximum Gasteiger partial charge on any atom is 0.339 e. The number of non-ortho nitro benzene ring substituents is 1. The lowest BCUT2D eigenvalue weighted by atomic mass is 9.80. The first-order valence-electron chi connectivity index (χ1n) is 11.3. The van der Waals surface area contributed by atoms with E-state index in [1.54, 1.807) is 19.9 Å². The minimum absolute atomic E-state index is 0.144. The van der Waals surface area contributed by atoms with Gasteiger partial charge in [-0.3, -0.25) is 10.1 Å². The summed E-state index contributed by atoms with van der Waals surface area (Å²) in [7, 11) is 3.72. The summed E-state index contributed by atoms with van der Waals surface area (Å²) in [5.41, 5.74) is 1.69. The van der Waals surface area contributed by atoms with Gasteiger partial charge in [-0.1, -0.05) is 12.1 Å². The molecule has 0 spiro atoms. The van der Waals surface area contributed by atoms with Crippen LogP contribution in [0.1, 0.15) is 44.6 Å². The average Bonchev–Trinajstić information content (AvgIpc) is 2.78. The van der Waals surface area contributed by atoms with Crippen molar-refractivity contribution in [1.82, 2.24) is 10.2 Å². The smallest absolute Gasteiger partial charge is 0.339 e. The number of allylic oxidation sites excluding steroid dienone is 2. The minimum Gasteiger partial charge on any atom is -0.461 e. The van der Waals surface area contributed by atoms with Crippen LogP contribution in [0.15, 0.2) is 46.8 Å².